The minimum atomic E-state index is -0.430. The number of benzene rings is 2. The summed E-state index contributed by atoms with van der Waals surface area (Å²) in [5, 5.41) is 11.9. The number of fused-ring (bicyclic) bond motifs is 3. The fourth-order valence-electron chi connectivity index (χ4n) is 3.16. The van der Waals surface area contributed by atoms with E-state index in [0.29, 0.717) is 38.1 Å². The second kappa shape index (κ2) is 6.13. The van der Waals surface area contributed by atoms with E-state index in [4.69, 9.17) is 27.6 Å². The number of para-hydroxylation sites is 1. The Morgan fingerprint density at radius 2 is 2.00 bits per heavy atom. The minimum Gasteiger partial charge on any atom is -0.508 e. The van der Waals surface area contributed by atoms with Gasteiger partial charge >= 0.3 is 5.63 Å². The third-order valence-electron chi connectivity index (χ3n) is 4.32. The molecule has 25 heavy (non-hydrogen) atoms. The molecule has 1 aliphatic rings. The number of hydrogen-bond donors (Lipinski definition) is 1. The molecule has 2 aromatic carbocycles. The van der Waals surface area contributed by atoms with Crippen molar-refractivity contribution in [2.45, 2.75) is 10.8 Å². The van der Waals surface area contributed by atoms with Crippen molar-refractivity contribution in [2.75, 3.05) is 5.75 Å². The second-order valence-electron chi connectivity index (χ2n) is 5.80. The fourth-order valence-corrected chi connectivity index (χ4v) is 5.16. The van der Waals surface area contributed by atoms with Crippen molar-refractivity contribution < 1.29 is 9.52 Å². The van der Waals surface area contributed by atoms with Crippen LogP contribution in [0.2, 0.25) is 10.0 Å². The van der Waals surface area contributed by atoms with Gasteiger partial charge in [-0.15, -0.1) is 11.8 Å². The Balaban J connectivity index is 1.91. The van der Waals surface area contributed by atoms with Gasteiger partial charge < -0.3 is 9.52 Å². The standard InChI is InChI=1S/C19H12Cl2O3S/c1-9-12(17-13(21)6-10(20)7-14(17)22)8-25-18-11-4-2-3-5-15(11)24-19(23)16(9)18/h2-7,12,22H,1,8H2. The van der Waals surface area contributed by atoms with Crippen molar-refractivity contribution >= 4 is 51.5 Å². The average molecular weight is 391 g/mol. The lowest BCUT2D eigenvalue weighted by Crippen LogP contribution is -2.18. The zero-order chi connectivity index (χ0) is 17.7. The smallest absolute Gasteiger partial charge is 0.345 e. The summed E-state index contributed by atoms with van der Waals surface area (Å²) < 4.78 is 5.45. The number of halogens is 2. The molecule has 6 heteroatoms. The molecule has 2 heterocycles. The van der Waals surface area contributed by atoms with Crippen LogP contribution in [0.25, 0.3) is 16.5 Å². The maximum atomic E-state index is 12.5. The van der Waals surface area contributed by atoms with Gasteiger partial charge in [0.2, 0.25) is 0 Å². The summed E-state index contributed by atoms with van der Waals surface area (Å²) in [4.78, 5) is 13.4. The topological polar surface area (TPSA) is 50.4 Å². The Kier molecular flexibility index (Phi) is 4.07. The van der Waals surface area contributed by atoms with Crippen molar-refractivity contribution in [2.24, 2.45) is 0 Å². The minimum absolute atomic E-state index is 0.00197. The van der Waals surface area contributed by atoms with Crippen LogP contribution in [0.1, 0.15) is 17.0 Å². The molecule has 1 atom stereocenters. The summed E-state index contributed by atoms with van der Waals surface area (Å²) in [6.45, 7) is 4.11. The van der Waals surface area contributed by atoms with E-state index in [-0.39, 0.29) is 11.7 Å². The van der Waals surface area contributed by atoms with Gasteiger partial charge in [-0.2, -0.15) is 0 Å². The fraction of sp³-hybridized carbons (Fsp3) is 0.105. The van der Waals surface area contributed by atoms with Crippen LogP contribution in [-0.4, -0.2) is 10.9 Å². The van der Waals surface area contributed by atoms with Crippen molar-refractivity contribution in [3.05, 3.63) is 74.6 Å². The molecule has 0 spiro atoms. The molecule has 3 nitrogen and oxygen atoms in total. The van der Waals surface area contributed by atoms with Crippen LogP contribution in [0.3, 0.4) is 0 Å². The Morgan fingerprint density at radius 3 is 2.76 bits per heavy atom. The first-order valence-electron chi connectivity index (χ1n) is 7.53. The average Bonchev–Trinajstić information content (AvgIpc) is 2.55. The molecular weight excluding hydrogens is 379 g/mol. The maximum Gasteiger partial charge on any atom is 0.345 e. The highest BCUT2D eigenvalue weighted by molar-refractivity contribution is 7.99. The van der Waals surface area contributed by atoms with E-state index in [1.165, 1.54) is 17.8 Å². The summed E-state index contributed by atoms with van der Waals surface area (Å²) in [5.41, 5.74) is 1.69. The molecule has 126 valence electrons. The normalized spacial score (nSPS) is 16.9. The van der Waals surface area contributed by atoms with E-state index in [0.717, 1.165) is 10.3 Å². The summed E-state index contributed by atoms with van der Waals surface area (Å²) in [6, 6.07) is 10.4. The third kappa shape index (κ3) is 2.65. The molecule has 0 fully saturated rings. The quantitative estimate of drug-likeness (QED) is 0.540. The number of rotatable bonds is 1. The zero-order valence-electron chi connectivity index (χ0n) is 12.9. The van der Waals surface area contributed by atoms with E-state index in [9.17, 15) is 9.90 Å². The van der Waals surface area contributed by atoms with E-state index in [1.54, 1.807) is 12.1 Å². The number of phenols is 1. The third-order valence-corrected chi connectivity index (χ3v) is 6.07. The van der Waals surface area contributed by atoms with Gasteiger partial charge in [0.05, 0.1) is 5.56 Å². The maximum absolute atomic E-state index is 12.5. The Bertz CT molecular complexity index is 1060. The lowest BCUT2D eigenvalue weighted by atomic mass is 9.88. The van der Waals surface area contributed by atoms with Gasteiger partial charge in [0.1, 0.15) is 11.3 Å². The molecule has 1 N–H and O–H groups in total. The summed E-state index contributed by atoms with van der Waals surface area (Å²) in [5.74, 6) is 0.304. The molecule has 1 aliphatic heterocycles. The first-order valence-corrected chi connectivity index (χ1v) is 9.27. The molecule has 0 bridgehead atoms. The molecule has 3 aromatic rings. The van der Waals surface area contributed by atoms with Crippen molar-refractivity contribution in [1.29, 1.82) is 0 Å². The van der Waals surface area contributed by atoms with Gasteiger partial charge in [-0.3, -0.25) is 0 Å². The lowest BCUT2D eigenvalue weighted by molar-refractivity contribution is 0.467. The lowest BCUT2D eigenvalue weighted by Gasteiger charge is -2.28. The van der Waals surface area contributed by atoms with Gasteiger partial charge in [0.15, 0.2) is 0 Å². The second-order valence-corrected chi connectivity index (χ2v) is 7.67. The molecule has 4 rings (SSSR count). The summed E-state index contributed by atoms with van der Waals surface area (Å²) >= 11 is 13.8. The Labute approximate surface area is 157 Å². The monoisotopic (exact) mass is 390 g/mol. The molecule has 0 saturated carbocycles. The Morgan fingerprint density at radius 1 is 1.24 bits per heavy atom. The SMILES string of the molecule is C=C1c2c(c3ccccc3oc2=O)SCC1c1c(O)cc(Cl)cc1Cl. The van der Waals surface area contributed by atoms with Crippen molar-refractivity contribution in [1.82, 2.24) is 0 Å². The van der Waals surface area contributed by atoms with Crippen LogP contribution in [0.5, 0.6) is 5.75 Å². The molecular formula is C19H12Cl2O3S. The van der Waals surface area contributed by atoms with Crippen LogP contribution < -0.4 is 5.63 Å². The first kappa shape index (κ1) is 16.6. The largest absolute Gasteiger partial charge is 0.508 e. The molecule has 0 saturated heterocycles. The highest BCUT2D eigenvalue weighted by Crippen LogP contribution is 2.49. The molecule has 1 aromatic heterocycles. The van der Waals surface area contributed by atoms with Crippen molar-refractivity contribution in [3.63, 3.8) is 0 Å². The molecule has 0 amide bonds. The summed E-state index contributed by atoms with van der Waals surface area (Å²) in [6.07, 6.45) is 0. The van der Waals surface area contributed by atoms with Gasteiger partial charge in [0, 0.05) is 37.6 Å². The number of hydrogen-bond acceptors (Lipinski definition) is 4. The molecule has 0 radical (unpaired) electrons. The van der Waals surface area contributed by atoms with Crippen LogP contribution in [-0.2, 0) is 0 Å². The number of allylic oxidation sites excluding steroid dienone is 1. The van der Waals surface area contributed by atoms with E-state index in [2.05, 4.69) is 6.58 Å². The molecule has 0 aliphatic carbocycles. The van der Waals surface area contributed by atoms with Crippen LogP contribution >= 0.6 is 35.0 Å². The number of thioether (sulfide) groups is 1. The number of phenolic OH excluding ortho intramolecular Hbond substituents is 1. The summed E-state index contributed by atoms with van der Waals surface area (Å²) in [7, 11) is 0. The van der Waals surface area contributed by atoms with Gasteiger partial charge in [-0.25, -0.2) is 4.79 Å². The predicted octanol–water partition coefficient (Wildman–Crippen LogP) is 5.71. The zero-order valence-corrected chi connectivity index (χ0v) is 15.2. The molecule has 1 unspecified atom stereocenters. The van der Waals surface area contributed by atoms with Crippen LogP contribution in [0.4, 0.5) is 0 Å². The van der Waals surface area contributed by atoms with Gasteiger partial charge in [-0.05, 0) is 23.8 Å². The highest BCUT2D eigenvalue weighted by atomic mass is 35.5. The van der Waals surface area contributed by atoms with E-state index < -0.39 is 5.63 Å². The highest BCUT2D eigenvalue weighted by Gasteiger charge is 2.32. The van der Waals surface area contributed by atoms with E-state index in [1.807, 2.05) is 18.2 Å². The number of aromatic hydroxyl groups is 1. The first-order chi connectivity index (χ1) is 12.0. The van der Waals surface area contributed by atoms with Crippen molar-refractivity contribution in [3.8, 4) is 5.75 Å². The van der Waals surface area contributed by atoms with Gasteiger partial charge in [0.25, 0.3) is 0 Å². The van der Waals surface area contributed by atoms with Crippen LogP contribution in [0.15, 0.2) is 57.1 Å². The Hall–Kier alpha value is -1.88. The predicted molar refractivity (Wildman–Crippen MR) is 103 cm³/mol. The van der Waals surface area contributed by atoms with Gasteiger partial charge in [-0.1, -0.05) is 48.0 Å². The van der Waals surface area contributed by atoms with Crippen LogP contribution in [0, 0.1) is 0 Å². The van der Waals surface area contributed by atoms with E-state index >= 15 is 0 Å².